The van der Waals surface area contributed by atoms with E-state index in [0.717, 1.165) is 5.82 Å². The third-order valence-corrected chi connectivity index (χ3v) is 4.41. The average Bonchev–Trinajstić information content (AvgIpc) is 2.82. The number of amides is 3. The molecular weight excluding hydrogens is 339 g/mol. The summed E-state index contributed by atoms with van der Waals surface area (Å²) in [4.78, 5) is 35.9. The van der Waals surface area contributed by atoms with Gasteiger partial charge in [-0.3, -0.25) is 9.69 Å². The van der Waals surface area contributed by atoms with E-state index >= 15 is 0 Å². The Kier molecular flexibility index (Phi) is 4.53. The van der Waals surface area contributed by atoms with Crippen LogP contribution in [0, 0.1) is 6.92 Å². The first-order chi connectivity index (χ1) is 11.7. The molecule has 0 N–H and O–H groups in total. The van der Waals surface area contributed by atoms with Crippen molar-refractivity contribution in [2.24, 2.45) is 0 Å². The van der Waals surface area contributed by atoms with Crippen LogP contribution in [-0.4, -0.2) is 70.1 Å². The lowest BCUT2D eigenvalue weighted by atomic mass is 10.0. The van der Waals surface area contributed by atoms with Crippen molar-refractivity contribution >= 4 is 17.8 Å². The fourth-order valence-electron chi connectivity index (χ4n) is 3.21. The fraction of sp³-hybridized carbons (Fsp3) is 0.600. The minimum Gasteiger partial charge on any atom is -0.356 e. The minimum absolute atomic E-state index is 0.242. The number of rotatable bonds is 3. The van der Waals surface area contributed by atoms with Gasteiger partial charge in [-0.2, -0.15) is 13.2 Å². The van der Waals surface area contributed by atoms with E-state index < -0.39 is 24.7 Å². The van der Waals surface area contributed by atoms with Gasteiger partial charge in [0, 0.05) is 25.3 Å². The van der Waals surface area contributed by atoms with E-state index in [4.69, 9.17) is 0 Å². The molecule has 136 valence electrons. The first kappa shape index (κ1) is 17.4. The molecule has 0 radical (unpaired) electrons. The number of carbonyl (C=O) groups is 2. The minimum atomic E-state index is -4.59. The summed E-state index contributed by atoms with van der Waals surface area (Å²) < 4.78 is 37.5. The quantitative estimate of drug-likeness (QED) is 0.769. The van der Waals surface area contributed by atoms with Crippen molar-refractivity contribution in [3.8, 4) is 0 Å². The molecule has 1 aromatic rings. The van der Waals surface area contributed by atoms with Gasteiger partial charge >= 0.3 is 12.2 Å². The van der Waals surface area contributed by atoms with Gasteiger partial charge in [0.1, 0.15) is 24.7 Å². The zero-order chi connectivity index (χ0) is 18.2. The van der Waals surface area contributed by atoms with Gasteiger partial charge < -0.3 is 9.80 Å². The summed E-state index contributed by atoms with van der Waals surface area (Å²) >= 11 is 0. The summed E-state index contributed by atoms with van der Waals surface area (Å²) in [5, 5.41) is 0. The average molecular weight is 357 g/mol. The summed E-state index contributed by atoms with van der Waals surface area (Å²) in [6.45, 7) is 1.20. The van der Waals surface area contributed by atoms with E-state index in [0.29, 0.717) is 36.7 Å². The number of anilines is 1. The number of imide groups is 1. The Labute approximate surface area is 142 Å². The molecule has 0 aromatic carbocycles. The van der Waals surface area contributed by atoms with Gasteiger partial charge in [0.2, 0.25) is 0 Å². The molecule has 1 aromatic heterocycles. The highest BCUT2D eigenvalue weighted by molar-refractivity contribution is 6.02. The third-order valence-electron chi connectivity index (χ3n) is 4.41. The molecule has 2 fully saturated rings. The molecule has 2 saturated heterocycles. The number of nitrogens with zero attached hydrogens (tertiary/aromatic N) is 5. The number of piperidine rings is 1. The van der Waals surface area contributed by atoms with E-state index in [1.54, 1.807) is 19.2 Å². The van der Waals surface area contributed by atoms with Crippen molar-refractivity contribution in [2.75, 3.05) is 31.1 Å². The molecule has 7 nitrogen and oxygen atoms in total. The maximum Gasteiger partial charge on any atom is 0.406 e. The van der Waals surface area contributed by atoms with Crippen LogP contribution in [0.3, 0.4) is 0 Å². The highest BCUT2D eigenvalue weighted by Crippen LogP contribution is 2.26. The zero-order valence-electron chi connectivity index (χ0n) is 13.7. The molecular formula is C15H18F3N5O2. The van der Waals surface area contributed by atoms with Crippen LogP contribution in [0.5, 0.6) is 0 Å². The lowest BCUT2D eigenvalue weighted by molar-refractivity contribution is -0.151. The van der Waals surface area contributed by atoms with Gasteiger partial charge in [0.05, 0.1) is 0 Å². The van der Waals surface area contributed by atoms with E-state index in [2.05, 4.69) is 9.97 Å². The van der Waals surface area contributed by atoms with Crippen molar-refractivity contribution in [3.05, 3.63) is 18.1 Å². The second-order valence-electron chi connectivity index (χ2n) is 6.19. The molecule has 0 saturated carbocycles. The SMILES string of the molecule is Cc1nccc(N2CCC(N3CC(=O)N(CC(F)(F)F)C3=O)CC2)n1. The zero-order valence-corrected chi connectivity index (χ0v) is 13.7. The normalized spacial score (nSPS) is 19.9. The van der Waals surface area contributed by atoms with Gasteiger partial charge in [-0.15, -0.1) is 0 Å². The van der Waals surface area contributed by atoms with Gasteiger partial charge in [-0.05, 0) is 25.8 Å². The van der Waals surface area contributed by atoms with Crippen molar-refractivity contribution in [1.29, 1.82) is 0 Å². The molecule has 3 heterocycles. The van der Waals surface area contributed by atoms with Crippen LogP contribution in [0.1, 0.15) is 18.7 Å². The van der Waals surface area contributed by atoms with Crippen LogP contribution in [-0.2, 0) is 4.79 Å². The van der Waals surface area contributed by atoms with E-state index in [1.807, 2.05) is 4.90 Å². The highest BCUT2D eigenvalue weighted by Gasteiger charge is 2.45. The molecule has 2 aliphatic heterocycles. The first-order valence-corrected chi connectivity index (χ1v) is 7.97. The number of aryl methyl sites for hydroxylation is 1. The Hall–Kier alpha value is -2.39. The Morgan fingerprint density at radius 2 is 1.92 bits per heavy atom. The number of carbonyl (C=O) groups excluding carboxylic acids is 2. The van der Waals surface area contributed by atoms with Crippen LogP contribution in [0.25, 0.3) is 0 Å². The molecule has 10 heteroatoms. The molecule has 2 aliphatic rings. The van der Waals surface area contributed by atoms with E-state index in [9.17, 15) is 22.8 Å². The summed E-state index contributed by atoms with van der Waals surface area (Å²) in [5.41, 5.74) is 0. The van der Waals surface area contributed by atoms with Gasteiger partial charge in [-0.1, -0.05) is 0 Å². The van der Waals surface area contributed by atoms with Crippen molar-refractivity contribution in [2.45, 2.75) is 32.0 Å². The number of hydrogen-bond donors (Lipinski definition) is 0. The largest absolute Gasteiger partial charge is 0.406 e. The number of alkyl halides is 3. The predicted octanol–water partition coefficient (Wildman–Crippen LogP) is 1.58. The van der Waals surface area contributed by atoms with Crippen molar-refractivity contribution in [1.82, 2.24) is 19.8 Å². The highest BCUT2D eigenvalue weighted by atomic mass is 19.4. The number of halogens is 3. The molecule has 0 bridgehead atoms. The second-order valence-corrected chi connectivity index (χ2v) is 6.19. The Morgan fingerprint density at radius 3 is 2.52 bits per heavy atom. The van der Waals surface area contributed by atoms with Crippen molar-refractivity contribution < 1.29 is 22.8 Å². The Balaban J connectivity index is 1.61. The van der Waals surface area contributed by atoms with Crippen LogP contribution in [0.15, 0.2) is 12.3 Å². The predicted molar refractivity (Wildman–Crippen MR) is 81.9 cm³/mol. The second kappa shape index (κ2) is 6.49. The van der Waals surface area contributed by atoms with Crippen LogP contribution in [0.2, 0.25) is 0 Å². The molecule has 0 atom stereocenters. The number of aromatic nitrogens is 2. The Morgan fingerprint density at radius 1 is 1.24 bits per heavy atom. The monoisotopic (exact) mass is 357 g/mol. The molecule has 25 heavy (non-hydrogen) atoms. The summed E-state index contributed by atoms with van der Waals surface area (Å²) in [5.74, 6) is 0.646. The fourth-order valence-corrected chi connectivity index (χ4v) is 3.21. The van der Waals surface area contributed by atoms with Gasteiger partial charge in [-0.25, -0.2) is 14.8 Å². The van der Waals surface area contributed by atoms with Crippen LogP contribution in [0.4, 0.5) is 23.8 Å². The third kappa shape index (κ3) is 3.83. The van der Waals surface area contributed by atoms with Crippen molar-refractivity contribution in [3.63, 3.8) is 0 Å². The molecule has 0 unspecified atom stereocenters. The first-order valence-electron chi connectivity index (χ1n) is 7.97. The molecule has 3 amide bonds. The van der Waals surface area contributed by atoms with E-state index in [1.165, 1.54) is 4.90 Å². The number of hydrogen-bond acceptors (Lipinski definition) is 5. The maximum atomic E-state index is 12.5. The summed E-state index contributed by atoms with van der Waals surface area (Å²) in [6.07, 6.45) is -1.78. The molecule has 0 spiro atoms. The maximum absolute atomic E-state index is 12.5. The number of urea groups is 1. The lowest BCUT2D eigenvalue weighted by Gasteiger charge is -2.36. The Bertz CT molecular complexity index is 673. The summed E-state index contributed by atoms with van der Waals surface area (Å²) in [7, 11) is 0. The molecule has 0 aliphatic carbocycles. The topological polar surface area (TPSA) is 69.6 Å². The standard InChI is InChI=1S/C15H18F3N5O2/c1-10-19-5-2-12(20-10)21-6-3-11(4-7-21)22-8-13(24)23(14(22)25)9-15(16,17)18/h2,5,11H,3-4,6-9H2,1H3. The van der Waals surface area contributed by atoms with Crippen LogP contribution >= 0.6 is 0 Å². The van der Waals surface area contributed by atoms with Gasteiger partial charge in [0.15, 0.2) is 0 Å². The van der Waals surface area contributed by atoms with Gasteiger partial charge in [0.25, 0.3) is 5.91 Å². The van der Waals surface area contributed by atoms with E-state index in [-0.39, 0.29) is 12.6 Å². The van der Waals surface area contributed by atoms with Crippen LogP contribution < -0.4 is 4.90 Å². The summed E-state index contributed by atoms with van der Waals surface area (Å²) in [6, 6.07) is 0.704. The molecule has 3 rings (SSSR count). The smallest absolute Gasteiger partial charge is 0.356 e. The lowest BCUT2D eigenvalue weighted by Crippen LogP contribution is -2.47.